The zero-order chi connectivity index (χ0) is 43.5. The molecule has 0 N–H and O–H groups in total. The van der Waals surface area contributed by atoms with Crippen molar-refractivity contribution in [3.63, 3.8) is 0 Å². The van der Waals surface area contributed by atoms with Gasteiger partial charge in [0.25, 0.3) is 0 Å². The number of hydrogen-bond acceptors (Lipinski definition) is 1. The number of rotatable bonds is 5. The van der Waals surface area contributed by atoms with E-state index in [-0.39, 0.29) is 16.2 Å². The Morgan fingerprint density at radius 1 is 0.250 bits per heavy atom. The van der Waals surface area contributed by atoms with Crippen molar-refractivity contribution in [2.45, 2.75) is 57.8 Å². The van der Waals surface area contributed by atoms with Gasteiger partial charge in [0.15, 0.2) is 0 Å². The summed E-state index contributed by atoms with van der Waals surface area (Å²) in [5, 5.41) is 0. The summed E-state index contributed by atoms with van der Waals surface area (Å²) in [6.45, 7) is 14.3. The van der Waals surface area contributed by atoms with E-state index in [4.69, 9.17) is 0 Å². The zero-order valence-corrected chi connectivity index (χ0v) is 37.5. The molecule has 0 aromatic heterocycles. The Bertz CT molecular complexity index is 3170. The van der Waals surface area contributed by atoms with Gasteiger partial charge in [-0.2, -0.15) is 0 Å². The summed E-state index contributed by atoms with van der Waals surface area (Å²) in [7, 11) is 0. The lowest BCUT2D eigenvalue weighted by Crippen LogP contribution is -2.30. The van der Waals surface area contributed by atoms with Crippen molar-refractivity contribution in [2.24, 2.45) is 0 Å². The van der Waals surface area contributed by atoms with Crippen molar-refractivity contribution in [1.82, 2.24) is 0 Å². The van der Waals surface area contributed by atoms with Crippen molar-refractivity contribution < 1.29 is 0 Å². The summed E-state index contributed by atoms with van der Waals surface area (Å²) in [6.07, 6.45) is 0. The van der Waals surface area contributed by atoms with E-state index in [1.807, 2.05) is 0 Å². The highest BCUT2D eigenvalue weighted by atomic mass is 15.2. The van der Waals surface area contributed by atoms with E-state index < -0.39 is 0 Å². The van der Waals surface area contributed by atoms with E-state index in [9.17, 15) is 0 Å². The molecule has 2 aliphatic carbocycles. The molecule has 64 heavy (non-hydrogen) atoms. The summed E-state index contributed by atoms with van der Waals surface area (Å²) < 4.78 is 0. The molecular formula is C63H51N. The van der Waals surface area contributed by atoms with Crippen LogP contribution in [0.25, 0.3) is 66.8 Å². The fraction of sp³-hybridized carbons (Fsp3) is 0.143. The van der Waals surface area contributed by atoms with Gasteiger partial charge in [0.1, 0.15) is 0 Å². The topological polar surface area (TPSA) is 3.24 Å². The average Bonchev–Trinajstić information content (AvgIpc) is 3.71. The third kappa shape index (κ3) is 5.70. The first-order chi connectivity index (χ1) is 31.0. The van der Waals surface area contributed by atoms with E-state index in [1.165, 1.54) is 112 Å². The third-order valence-electron chi connectivity index (χ3n) is 15.1. The molecule has 0 bridgehead atoms. The van der Waals surface area contributed by atoms with Crippen LogP contribution in [-0.2, 0) is 16.2 Å². The highest BCUT2D eigenvalue weighted by Gasteiger charge is 2.40. The smallest absolute Gasteiger partial charge is 0.0503 e. The molecule has 1 nitrogen and oxygen atoms in total. The maximum Gasteiger partial charge on any atom is 0.0503 e. The summed E-state index contributed by atoms with van der Waals surface area (Å²) in [5.74, 6) is 0. The van der Waals surface area contributed by atoms with Crippen molar-refractivity contribution in [2.75, 3.05) is 4.90 Å². The average molecular weight is 822 g/mol. The second-order valence-electron chi connectivity index (χ2n) is 19.8. The lowest BCUT2D eigenvalue weighted by atomic mass is 9.72. The van der Waals surface area contributed by atoms with Gasteiger partial charge >= 0.3 is 0 Å². The fourth-order valence-electron chi connectivity index (χ4n) is 11.4. The normalized spacial score (nSPS) is 15.4. The Hall–Kier alpha value is -7.22. The largest absolute Gasteiger partial charge is 0.310 e. The zero-order valence-electron chi connectivity index (χ0n) is 37.5. The van der Waals surface area contributed by atoms with Crippen LogP contribution in [0.15, 0.2) is 200 Å². The van der Waals surface area contributed by atoms with Crippen molar-refractivity contribution in [3.8, 4) is 66.8 Å². The molecule has 0 saturated heterocycles. The minimum Gasteiger partial charge on any atom is -0.310 e. The van der Waals surface area contributed by atoms with Crippen molar-refractivity contribution in [3.05, 3.63) is 234 Å². The number of benzene rings is 9. The lowest BCUT2D eigenvalue weighted by molar-refractivity contribution is 0.632. The van der Waals surface area contributed by atoms with Crippen LogP contribution in [-0.4, -0.2) is 0 Å². The molecular weight excluding hydrogens is 771 g/mol. The van der Waals surface area contributed by atoms with Crippen molar-refractivity contribution >= 4 is 17.1 Å². The molecule has 308 valence electrons. The molecule has 0 atom stereocenters. The number of hydrogen-bond donors (Lipinski definition) is 0. The Kier molecular flexibility index (Phi) is 8.35. The Morgan fingerprint density at radius 2 is 0.562 bits per heavy atom. The molecule has 9 aromatic rings. The Labute approximate surface area is 378 Å². The highest BCUT2D eigenvalue weighted by Crippen LogP contribution is 2.55. The van der Waals surface area contributed by atoms with E-state index >= 15 is 0 Å². The van der Waals surface area contributed by atoms with Gasteiger partial charge in [-0.05, 0) is 149 Å². The predicted octanol–water partition coefficient (Wildman–Crippen LogP) is 17.1. The first-order valence-electron chi connectivity index (χ1n) is 22.8. The standard InChI is InChI=1S/C63H51N/c1-61(2)53-18-12-10-16-49(53)51-32-26-44(36-55(51)61)46-28-34-59-57(38-46)63(5,6)58-39-47(45-27-33-52-50-17-11-13-19-54(50)62(3,4)56(52)37-45)29-35-60(58)64(59)48-30-24-43(25-31-48)42-22-20-41(21-23-42)40-14-8-7-9-15-40/h7-39H,1-6H3. The molecule has 3 aliphatic rings. The number of nitrogens with zero attached hydrogens (tertiary/aromatic N) is 1. The van der Waals surface area contributed by atoms with Gasteiger partial charge in [0.05, 0.1) is 11.4 Å². The van der Waals surface area contributed by atoms with Crippen molar-refractivity contribution in [1.29, 1.82) is 0 Å². The molecule has 0 spiro atoms. The first kappa shape index (κ1) is 38.5. The number of anilines is 3. The summed E-state index contributed by atoms with van der Waals surface area (Å²) in [4.78, 5) is 2.50. The molecule has 0 radical (unpaired) electrons. The fourth-order valence-corrected chi connectivity index (χ4v) is 11.4. The van der Waals surface area contributed by atoms with Crippen LogP contribution < -0.4 is 4.90 Å². The molecule has 0 fully saturated rings. The van der Waals surface area contributed by atoms with Gasteiger partial charge in [-0.3, -0.25) is 0 Å². The maximum atomic E-state index is 2.50. The second-order valence-corrected chi connectivity index (χ2v) is 19.8. The summed E-state index contributed by atoms with van der Waals surface area (Å²) in [5.41, 5.74) is 26.7. The highest BCUT2D eigenvalue weighted by molar-refractivity contribution is 5.91. The van der Waals surface area contributed by atoms with Crippen LogP contribution in [0.1, 0.15) is 74.9 Å². The molecule has 1 aliphatic heterocycles. The number of fused-ring (bicyclic) bond motifs is 8. The van der Waals surface area contributed by atoms with Crippen LogP contribution in [0, 0.1) is 0 Å². The molecule has 0 saturated carbocycles. The van der Waals surface area contributed by atoms with Crippen LogP contribution >= 0.6 is 0 Å². The first-order valence-corrected chi connectivity index (χ1v) is 22.8. The van der Waals surface area contributed by atoms with Gasteiger partial charge in [0, 0.05) is 21.9 Å². The van der Waals surface area contributed by atoms with E-state index in [0.717, 1.165) is 5.69 Å². The van der Waals surface area contributed by atoms with Gasteiger partial charge in [-0.15, -0.1) is 0 Å². The molecule has 0 unspecified atom stereocenters. The van der Waals surface area contributed by atoms with E-state index in [1.54, 1.807) is 0 Å². The summed E-state index contributed by atoms with van der Waals surface area (Å²) >= 11 is 0. The van der Waals surface area contributed by atoms with Crippen LogP contribution in [0.2, 0.25) is 0 Å². The van der Waals surface area contributed by atoms with Gasteiger partial charge in [-0.1, -0.05) is 193 Å². The Morgan fingerprint density at radius 3 is 1.02 bits per heavy atom. The molecule has 1 heterocycles. The van der Waals surface area contributed by atoms with Gasteiger partial charge in [0.2, 0.25) is 0 Å². The maximum absolute atomic E-state index is 2.50. The molecule has 12 rings (SSSR count). The van der Waals surface area contributed by atoms with Gasteiger partial charge in [-0.25, -0.2) is 0 Å². The monoisotopic (exact) mass is 821 g/mol. The van der Waals surface area contributed by atoms with E-state index in [0.29, 0.717) is 0 Å². The quantitative estimate of drug-likeness (QED) is 0.167. The SMILES string of the molecule is CC1(C)c2ccccc2-c2ccc(-c3ccc4c(c3)C(C)(C)c3cc(-c5ccc6c(c5)C(C)(C)c5ccccc5-6)ccc3N4c3ccc(-c4ccc(-c5ccccc5)cc4)cc3)cc21. The molecule has 9 aromatic carbocycles. The van der Waals surface area contributed by atoms with Crippen LogP contribution in [0.3, 0.4) is 0 Å². The minimum atomic E-state index is -0.286. The Balaban J connectivity index is 0.973. The predicted molar refractivity (Wildman–Crippen MR) is 270 cm³/mol. The van der Waals surface area contributed by atoms with Crippen LogP contribution in [0.4, 0.5) is 17.1 Å². The van der Waals surface area contributed by atoms with E-state index in [2.05, 4.69) is 247 Å². The van der Waals surface area contributed by atoms with Crippen LogP contribution in [0.5, 0.6) is 0 Å². The van der Waals surface area contributed by atoms with Gasteiger partial charge < -0.3 is 4.90 Å². The summed E-state index contributed by atoms with van der Waals surface area (Å²) in [6, 6.07) is 75.2. The minimum absolute atomic E-state index is 0.0623. The third-order valence-corrected chi connectivity index (χ3v) is 15.1. The second kappa shape index (κ2) is 13.9. The lowest BCUT2D eigenvalue weighted by Gasteiger charge is -2.42. The molecule has 1 heteroatoms. The molecule has 0 amide bonds.